The molecule has 4 rings (SSSR count). The molecule has 0 heterocycles. The van der Waals surface area contributed by atoms with Gasteiger partial charge in [0.1, 0.15) is 5.75 Å². The number of aliphatic hydroxyl groups is 1. The van der Waals surface area contributed by atoms with Crippen LogP contribution >= 0.6 is 0 Å². The summed E-state index contributed by atoms with van der Waals surface area (Å²) in [6.07, 6.45) is 5.76. The summed E-state index contributed by atoms with van der Waals surface area (Å²) in [6, 6.07) is 6.69. The SMILES string of the molecule is COc1ccc2c(c1)CC[C@@H]1[C@@H]2[C@@H](C)C[C@]2(C)[C@@H](O)CC[C@@H]12. The first kappa shape index (κ1) is 14.6. The fraction of sp³-hybridized carbons (Fsp3) is 0.700. The molecule has 3 aliphatic rings. The van der Waals surface area contributed by atoms with Crippen molar-refractivity contribution in [2.75, 3.05) is 7.11 Å². The molecule has 1 N–H and O–H groups in total. The third kappa shape index (κ3) is 1.89. The number of hydrogen-bond acceptors (Lipinski definition) is 2. The molecule has 0 aliphatic heterocycles. The molecule has 22 heavy (non-hydrogen) atoms. The van der Waals surface area contributed by atoms with Gasteiger partial charge in [-0.1, -0.05) is 19.9 Å². The molecule has 0 amide bonds. The largest absolute Gasteiger partial charge is 0.497 e. The van der Waals surface area contributed by atoms with Gasteiger partial charge in [0.25, 0.3) is 0 Å². The molecule has 2 fully saturated rings. The topological polar surface area (TPSA) is 29.5 Å². The Labute approximate surface area is 133 Å². The van der Waals surface area contributed by atoms with Crippen LogP contribution in [0.5, 0.6) is 5.75 Å². The summed E-state index contributed by atoms with van der Waals surface area (Å²) in [7, 11) is 1.75. The molecule has 2 nitrogen and oxygen atoms in total. The van der Waals surface area contributed by atoms with Crippen LogP contribution in [0.15, 0.2) is 18.2 Å². The Morgan fingerprint density at radius 1 is 1.23 bits per heavy atom. The lowest BCUT2D eigenvalue weighted by molar-refractivity contribution is -0.0441. The van der Waals surface area contributed by atoms with Crippen molar-refractivity contribution in [1.29, 1.82) is 0 Å². The molecule has 2 saturated carbocycles. The smallest absolute Gasteiger partial charge is 0.119 e. The minimum Gasteiger partial charge on any atom is -0.497 e. The molecule has 0 spiro atoms. The number of ether oxygens (including phenoxy) is 1. The van der Waals surface area contributed by atoms with Crippen molar-refractivity contribution in [1.82, 2.24) is 0 Å². The van der Waals surface area contributed by atoms with Crippen LogP contribution in [0, 0.1) is 23.2 Å². The van der Waals surface area contributed by atoms with Gasteiger partial charge in [-0.3, -0.25) is 0 Å². The van der Waals surface area contributed by atoms with Crippen LogP contribution in [0.25, 0.3) is 0 Å². The molecule has 6 atom stereocenters. The lowest BCUT2D eigenvalue weighted by Crippen LogP contribution is -2.47. The molecule has 1 aromatic carbocycles. The van der Waals surface area contributed by atoms with E-state index in [2.05, 4.69) is 32.0 Å². The minimum atomic E-state index is -0.0850. The quantitative estimate of drug-likeness (QED) is 0.844. The molecular formula is C20H28O2. The average Bonchev–Trinajstić information content (AvgIpc) is 2.81. The van der Waals surface area contributed by atoms with Gasteiger partial charge in [-0.2, -0.15) is 0 Å². The number of aliphatic hydroxyl groups excluding tert-OH is 1. The van der Waals surface area contributed by atoms with E-state index >= 15 is 0 Å². The lowest BCUT2D eigenvalue weighted by atomic mass is 9.52. The number of benzene rings is 1. The van der Waals surface area contributed by atoms with E-state index in [-0.39, 0.29) is 11.5 Å². The van der Waals surface area contributed by atoms with Crippen molar-refractivity contribution >= 4 is 0 Å². The van der Waals surface area contributed by atoms with Crippen molar-refractivity contribution in [2.24, 2.45) is 23.2 Å². The Morgan fingerprint density at radius 3 is 2.82 bits per heavy atom. The van der Waals surface area contributed by atoms with Gasteiger partial charge >= 0.3 is 0 Å². The Balaban J connectivity index is 1.73. The Hall–Kier alpha value is -1.02. The van der Waals surface area contributed by atoms with Crippen LogP contribution in [0.3, 0.4) is 0 Å². The van der Waals surface area contributed by atoms with E-state index in [1.54, 1.807) is 12.7 Å². The van der Waals surface area contributed by atoms with Gasteiger partial charge in [-0.25, -0.2) is 0 Å². The molecule has 0 bridgehead atoms. The Bertz CT molecular complexity index is 581. The number of aryl methyl sites for hydroxylation is 1. The van der Waals surface area contributed by atoms with Crippen LogP contribution < -0.4 is 4.74 Å². The third-order valence-electron chi connectivity index (χ3n) is 7.17. The second-order valence-electron chi connectivity index (χ2n) is 8.18. The van der Waals surface area contributed by atoms with Crippen molar-refractivity contribution in [3.63, 3.8) is 0 Å². The molecule has 120 valence electrons. The number of methoxy groups -OCH3 is 1. The highest BCUT2D eigenvalue weighted by Crippen LogP contribution is 2.62. The Morgan fingerprint density at radius 2 is 2.05 bits per heavy atom. The van der Waals surface area contributed by atoms with Crippen molar-refractivity contribution in [3.8, 4) is 5.75 Å². The minimum absolute atomic E-state index is 0.0850. The molecule has 3 aliphatic carbocycles. The maximum absolute atomic E-state index is 10.5. The first-order chi connectivity index (χ1) is 10.5. The van der Waals surface area contributed by atoms with Crippen LogP contribution in [-0.2, 0) is 6.42 Å². The maximum Gasteiger partial charge on any atom is 0.119 e. The van der Waals surface area contributed by atoms with Crippen LogP contribution in [-0.4, -0.2) is 18.3 Å². The summed E-state index contributed by atoms with van der Waals surface area (Å²) in [6.45, 7) is 4.76. The van der Waals surface area contributed by atoms with Gasteiger partial charge < -0.3 is 9.84 Å². The van der Waals surface area contributed by atoms with E-state index in [9.17, 15) is 5.11 Å². The highest BCUT2D eigenvalue weighted by Gasteiger charge is 2.56. The van der Waals surface area contributed by atoms with Crippen molar-refractivity contribution in [3.05, 3.63) is 29.3 Å². The van der Waals surface area contributed by atoms with E-state index in [0.29, 0.717) is 17.8 Å². The zero-order chi connectivity index (χ0) is 15.5. The summed E-state index contributed by atoms with van der Waals surface area (Å²) in [5, 5.41) is 10.5. The van der Waals surface area contributed by atoms with E-state index in [4.69, 9.17) is 4.74 Å². The zero-order valence-corrected chi connectivity index (χ0v) is 14.0. The highest BCUT2D eigenvalue weighted by molar-refractivity contribution is 5.41. The predicted molar refractivity (Wildman–Crippen MR) is 88.2 cm³/mol. The predicted octanol–water partition coefficient (Wildman–Crippen LogP) is 4.16. The van der Waals surface area contributed by atoms with Crippen LogP contribution in [0.1, 0.15) is 56.6 Å². The molecular weight excluding hydrogens is 272 g/mol. The standard InChI is InChI=1S/C20H28O2/c1-12-11-20(2)17(8-9-18(20)21)16-6-4-13-10-14(22-3)5-7-15(13)19(12)16/h5,7,10,12,16-19,21H,4,6,8-9,11H2,1-3H3/t12-,16-,17-,18-,19+,20-/m0/s1. The zero-order valence-electron chi connectivity index (χ0n) is 14.0. The van der Waals surface area contributed by atoms with Gasteiger partial charge in [0.05, 0.1) is 13.2 Å². The summed E-state index contributed by atoms with van der Waals surface area (Å²) in [4.78, 5) is 0. The third-order valence-corrected chi connectivity index (χ3v) is 7.17. The van der Waals surface area contributed by atoms with E-state index < -0.39 is 0 Å². The first-order valence-electron chi connectivity index (χ1n) is 8.89. The molecule has 1 aromatic rings. The van der Waals surface area contributed by atoms with Crippen LogP contribution in [0.2, 0.25) is 0 Å². The molecule has 2 heteroatoms. The molecule has 0 aromatic heterocycles. The number of fused-ring (bicyclic) bond motifs is 5. The summed E-state index contributed by atoms with van der Waals surface area (Å²) in [5.41, 5.74) is 3.22. The molecule has 0 radical (unpaired) electrons. The van der Waals surface area contributed by atoms with Crippen molar-refractivity contribution < 1.29 is 9.84 Å². The normalized spacial score (nSPS) is 43.2. The van der Waals surface area contributed by atoms with E-state index in [0.717, 1.165) is 18.1 Å². The van der Waals surface area contributed by atoms with Crippen molar-refractivity contribution in [2.45, 2.75) is 58.0 Å². The lowest BCUT2D eigenvalue weighted by Gasteiger charge is -2.53. The molecule has 0 unspecified atom stereocenters. The fourth-order valence-corrected chi connectivity index (χ4v) is 6.22. The average molecular weight is 300 g/mol. The summed E-state index contributed by atoms with van der Waals surface area (Å²) in [5.74, 6) is 3.79. The second kappa shape index (κ2) is 4.99. The number of hydrogen-bond donors (Lipinski definition) is 1. The van der Waals surface area contributed by atoms with E-state index in [1.807, 2.05) is 0 Å². The van der Waals surface area contributed by atoms with Gasteiger partial charge in [-0.05, 0) is 84.5 Å². The highest BCUT2D eigenvalue weighted by atomic mass is 16.5. The maximum atomic E-state index is 10.5. The van der Waals surface area contributed by atoms with Gasteiger partial charge in [-0.15, -0.1) is 0 Å². The monoisotopic (exact) mass is 300 g/mol. The fourth-order valence-electron chi connectivity index (χ4n) is 6.22. The Kier molecular flexibility index (Phi) is 3.30. The van der Waals surface area contributed by atoms with Gasteiger partial charge in [0.15, 0.2) is 0 Å². The van der Waals surface area contributed by atoms with Gasteiger partial charge in [0, 0.05) is 0 Å². The van der Waals surface area contributed by atoms with E-state index in [1.165, 1.54) is 31.2 Å². The second-order valence-corrected chi connectivity index (χ2v) is 8.18. The van der Waals surface area contributed by atoms with Gasteiger partial charge in [0.2, 0.25) is 0 Å². The molecule has 0 saturated heterocycles. The first-order valence-corrected chi connectivity index (χ1v) is 8.89. The number of rotatable bonds is 1. The summed E-state index contributed by atoms with van der Waals surface area (Å²) >= 11 is 0. The van der Waals surface area contributed by atoms with Crippen LogP contribution in [0.4, 0.5) is 0 Å². The summed E-state index contributed by atoms with van der Waals surface area (Å²) < 4.78 is 5.41.